The van der Waals surface area contributed by atoms with E-state index in [-0.39, 0.29) is 23.0 Å². The number of allylic oxidation sites excluding steroid dienone is 1. The number of hydrogen-bond acceptors (Lipinski definition) is 3. The van der Waals surface area contributed by atoms with E-state index in [0.29, 0.717) is 13.1 Å². The summed E-state index contributed by atoms with van der Waals surface area (Å²) >= 11 is 0. The summed E-state index contributed by atoms with van der Waals surface area (Å²) < 4.78 is 0. The lowest BCUT2D eigenvalue weighted by Crippen LogP contribution is -2.24. The molecule has 4 nitrogen and oxygen atoms in total. The Morgan fingerprint density at radius 3 is 2.58 bits per heavy atom. The number of nitrogens with zero attached hydrogens (tertiary/aromatic N) is 1. The van der Waals surface area contributed by atoms with E-state index in [4.69, 9.17) is 10.5 Å². The Balaban J connectivity index is 3.01. The van der Waals surface area contributed by atoms with Crippen molar-refractivity contribution < 1.29 is 9.90 Å². The lowest BCUT2D eigenvalue weighted by atomic mass is 10.2. The summed E-state index contributed by atoms with van der Waals surface area (Å²) in [6.45, 7) is 4.18. The van der Waals surface area contributed by atoms with Crippen LogP contribution in [0.3, 0.4) is 0 Å². The van der Waals surface area contributed by atoms with Crippen LogP contribution in [0.1, 0.15) is 13.8 Å². The molecule has 0 atom stereocenters. The van der Waals surface area contributed by atoms with Crippen LogP contribution in [0.25, 0.3) is 0 Å². The molecule has 1 aliphatic heterocycles. The largest absolute Gasteiger partial charge is 0.512 e. The van der Waals surface area contributed by atoms with E-state index in [1.165, 1.54) is 11.8 Å². The average molecular weight is 168 g/mol. The summed E-state index contributed by atoms with van der Waals surface area (Å²) in [5.41, 5.74) is 0.374. The fourth-order valence-electron chi connectivity index (χ4n) is 1.26. The van der Waals surface area contributed by atoms with Gasteiger partial charge in [0.05, 0.1) is 17.8 Å². The van der Waals surface area contributed by atoms with Crippen LogP contribution >= 0.6 is 0 Å². The highest BCUT2D eigenvalue weighted by molar-refractivity contribution is 6.26. The molecule has 1 rings (SSSR count). The number of hydrogen-bond donors (Lipinski definition) is 2. The van der Waals surface area contributed by atoms with Crippen molar-refractivity contribution in [2.75, 3.05) is 13.1 Å². The first-order valence-electron chi connectivity index (χ1n) is 3.84. The molecule has 1 fully saturated rings. The van der Waals surface area contributed by atoms with Gasteiger partial charge in [0.25, 0.3) is 5.91 Å². The molecule has 0 radical (unpaired) electrons. The van der Waals surface area contributed by atoms with Gasteiger partial charge in [-0.3, -0.25) is 4.79 Å². The average Bonchev–Trinajstić information content (AvgIpc) is 2.25. The second-order valence-corrected chi connectivity index (χ2v) is 2.76. The van der Waals surface area contributed by atoms with Crippen LogP contribution in [-0.2, 0) is 4.79 Å². The molecule has 1 amide bonds. The van der Waals surface area contributed by atoms with Crippen molar-refractivity contribution in [2.24, 2.45) is 0 Å². The van der Waals surface area contributed by atoms with E-state index in [0.717, 1.165) is 0 Å². The standard InChI is InChI=1S/C8H12N2O2/c1-3-10-4-6(9)7(5(2)11)8(10)12/h9,11H,3-4H2,1-2H3/b7-5+,9-6?. The number of likely N-dealkylation sites (tertiary alicyclic amines) is 1. The van der Waals surface area contributed by atoms with Crippen LogP contribution < -0.4 is 0 Å². The van der Waals surface area contributed by atoms with Gasteiger partial charge in [0.2, 0.25) is 0 Å². The molecule has 1 aliphatic rings. The molecule has 0 saturated carbocycles. The highest BCUT2D eigenvalue weighted by Crippen LogP contribution is 2.15. The second-order valence-electron chi connectivity index (χ2n) is 2.76. The van der Waals surface area contributed by atoms with E-state index in [2.05, 4.69) is 0 Å². The molecule has 1 saturated heterocycles. The molecule has 4 heteroatoms. The fraction of sp³-hybridized carbons (Fsp3) is 0.500. The van der Waals surface area contributed by atoms with Crippen molar-refractivity contribution in [2.45, 2.75) is 13.8 Å². The first-order chi connectivity index (χ1) is 5.57. The Hall–Kier alpha value is -1.32. The van der Waals surface area contributed by atoms with Gasteiger partial charge < -0.3 is 15.4 Å². The number of carbonyl (C=O) groups is 1. The van der Waals surface area contributed by atoms with Crippen molar-refractivity contribution >= 4 is 11.6 Å². The van der Waals surface area contributed by atoms with Crippen LogP contribution in [0, 0.1) is 5.41 Å². The van der Waals surface area contributed by atoms with Crippen molar-refractivity contribution in [1.82, 2.24) is 4.90 Å². The molecule has 0 aromatic heterocycles. The van der Waals surface area contributed by atoms with Crippen molar-refractivity contribution in [3.05, 3.63) is 11.3 Å². The van der Waals surface area contributed by atoms with Crippen molar-refractivity contribution in [3.8, 4) is 0 Å². The third-order valence-corrected chi connectivity index (χ3v) is 1.90. The zero-order valence-corrected chi connectivity index (χ0v) is 7.22. The van der Waals surface area contributed by atoms with Crippen LogP contribution in [-0.4, -0.2) is 34.7 Å². The third-order valence-electron chi connectivity index (χ3n) is 1.90. The molecule has 2 N–H and O–H groups in total. The summed E-state index contributed by atoms with van der Waals surface area (Å²) in [6.07, 6.45) is 0. The fourth-order valence-corrected chi connectivity index (χ4v) is 1.26. The Morgan fingerprint density at radius 2 is 2.33 bits per heavy atom. The molecule has 0 aromatic carbocycles. The predicted molar refractivity (Wildman–Crippen MR) is 45.3 cm³/mol. The zero-order valence-electron chi connectivity index (χ0n) is 7.22. The maximum atomic E-state index is 11.4. The van der Waals surface area contributed by atoms with Gasteiger partial charge in [-0.25, -0.2) is 0 Å². The second kappa shape index (κ2) is 2.97. The Labute approximate surface area is 71.0 Å². The van der Waals surface area contributed by atoms with E-state index in [1.54, 1.807) is 0 Å². The minimum Gasteiger partial charge on any atom is -0.512 e. The van der Waals surface area contributed by atoms with Crippen LogP contribution in [0.15, 0.2) is 11.3 Å². The third kappa shape index (κ3) is 1.20. The molecule has 0 spiro atoms. The zero-order chi connectivity index (χ0) is 9.30. The smallest absolute Gasteiger partial charge is 0.259 e. The number of rotatable bonds is 1. The number of nitrogens with one attached hydrogen (secondary N) is 1. The summed E-state index contributed by atoms with van der Waals surface area (Å²) in [6, 6.07) is 0. The van der Waals surface area contributed by atoms with Gasteiger partial charge in [-0.2, -0.15) is 0 Å². The molecular formula is C8H12N2O2. The minimum atomic E-state index is -0.234. The van der Waals surface area contributed by atoms with Gasteiger partial charge in [0.1, 0.15) is 5.76 Å². The molecule has 0 bridgehead atoms. The van der Waals surface area contributed by atoms with E-state index >= 15 is 0 Å². The van der Waals surface area contributed by atoms with Crippen molar-refractivity contribution in [1.29, 1.82) is 5.41 Å². The van der Waals surface area contributed by atoms with Crippen LogP contribution in [0.4, 0.5) is 0 Å². The number of aliphatic hydroxyl groups excluding tert-OH is 1. The topological polar surface area (TPSA) is 64.4 Å². The quantitative estimate of drug-likeness (QED) is 0.447. The molecule has 12 heavy (non-hydrogen) atoms. The lowest BCUT2D eigenvalue weighted by molar-refractivity contribution is -0.124. The summed E-state index contributed by atoms with van der Waals surface area (Å²) in [5, 5.41) is 16.5. The number of amides is 1. The van der Waals surface area contributed by atoms with Gasteiger partial charge >= 0.3 is 0 Å². The molecule has 66 valence electrons. The number of aliphatic hydroxyl groups is 1. The molecule has 0 aromatic rings. The molecule has 0 aliphatic carbocycles. The number of likely N-dealkylation sites (N-methyl/N-ethyl adjacent to an activating group) is 1. The summed E-state index contributed by atoms with van der Waals surface area (Å²) in [7, 11) is 0. The van der Waals surface area contributed by atoms with Crippen molar-refractivity contribution in [3.63, 3.8) is 0 Å². The van der Waals surface area contributed by atoms with Gasteiger partial charge in [-0.05, 0) is 13.8 Å². The minimum absolute atomic E-state index is 0.0547. The maximum Gasteiger partial charge on any atom is 0.259 e. The highest BCUT2D eigenvalue weighted by Gasteiger charge is 2.31. The normalized spacial score (nSPS) is 22.0. The van der Waals surface area contributed by atoms with E-state index in [9.17, 15) is 4.79 Å². The molecule has 1 heterocycles. The van der Waals surface area contributed by atoms with Gasteiger partial charge in [-0.1, -0.05) is 0 Å². The van der Waals surface area contributed by atoms with E-state index < -0.39 is 0 Å². The Bertz CT molecular complexity index is 264. The lowest BCUT2D eigenvalue weighted by Gasteiger charge is -2.09. The van der Waals surface area contributed by atoms with E-state index in [1.807, 2.05) is 6.92 Å². The number of carbonyl (C=O) groups excluding carboxylic acids is 1. The Kier molecular flexibility index (Phi) is 2.17. The van der Waals surface area contributed by atoms with Gasteiger partial charge in [-0.15, -0.1) is 0 Å². The first-order valence-corrected chi connectivity index (χ1v) is 3.84. The first kappa shape index (κ1) is 8.77. The monoisotopic (exact) mass is 168 g/mol. The Morgan fingerprint density at radius 1 is 1.75 bits per heavy atom. The maximum absolute atomic E-state index is 11.4. The highest BCUT2D eigenvalue weighted by atomic mass is 16.3. The van der Waals surface area contributed by atoms with Gasteiger partial charge in [0.15, 0.2) is 0 Å². The van der Waals surface area contributed by atoms with Crippen LogP contribution in [0.5, 0.6) is 0 Å². The molecular weight excluding hydrogens is 156 g/mol. The summed E-state index contributed by atoms with van der Waals surface area (Å²) in [4.78, 5) is 12.9. The molecule has 0 unspecified atom stereocenters. The van der Waals surface area contributed by atoms with Gasteiger partial charge in [0, 0.05) is 6.54 Å². The SMILES string of the molecule is CCN1CC(=N)/C(=C(/C)O)C1=O. The van der Waals surface area contributed by atoms with Crippen LogP contribution in [0.2, 0.25) is 0 Å². The summed E-state index contributed by atoms with van der Waals surface area (Å²) in [5.74, 6) is -0.288. The predicted octanol–water partition coefficient (Wildman–Crippen LogP) is 0.700.